The van der Waals surface area contributed by atoms with E-state index in [4.69, 9.17) is 0 Å². The summed E-state index contributed by atoms with van der Waals surface area (Å²) >= 11 is 0. The molecule has 0 bridgehead atoms. The van der Waals surface area contributed by atoms with E-state index in [1.54, 1.807) is 14.1 Å². The number of rotatable bonds is 7. The molecule has 0 aromatic heterocycles. The molecule has 0 saturated carbocycles. The predicted octanol–water partition coefficient (Wildman–Crippen LogP) is 3.59. The summed E-state index contributed by atoms with van der Waals surface area (Å²) in [5.41, 5.74) is 2.17. The van der Waals surface area contributed by atoms with Crippen LogP contribution in [0, 0.1) is 5.41 Å². The number of amides is 1. The summed E-state index contributed by atoms with van der Waals surface area (Å²) in [6, 6.07) is 8.09. The normalized spacial score (nSPS) is 12.8. The lowest BCUT2D eigenvalue weighted by atomic mass is 9.89. The molecule has 1 rings (SSSR count). The van der Waals surface area contributed by atoms with E-state index in [-0.39, 0.29) is 29.9 Å². The first-order valence-electron chi connectivity index (χ1n) is 9.03. The van der Waals surface area contributed by atoms with E-state index in [2.05, 4.69) is 48.6 Å². The number of hydrogen-bond donors (Lipinski definition) is 3. The molecule has 1 amide bonds. The predicted molar refractivity (Wildman–Crippen MR) is 122 cm³/mol. The van der Waals surface area contributed by atoms with Gasteiger partial charge in [-0.3, -0.25) is 9.79 Å². The second-order valence-corrected chi connectivity index (χ2v) is 7.67. The Morgan fingerprint density at radius 3 is 2.54 bits per heavy atom. The number of benzene rings is 1. The maximum Gasteiger partial charge on any atom is 0.251 e. The molecule has 5 nitrogen and oxygen atoms in total. The van der Waals surface area contributed by atoms with Crippen LogP contribution in [0.25, 0.3) is 0 Å². The van der Waals surface area contributed by atoms with Crippen molar-refractivity contribution < 1.29 is 4.79 Å². The van der Waals surface area contributed by atoms with E-state index in [0.29, 0.717) is 17.0 Å². The monoisotopic (exact) mass is 474 g/mol. The third-order valence-corrected chi connectivity index (χ3v) is 4.06. The molecule has 1 aromatic rings. The van der Waals surface area contributed by atoms with Crippen molar-refractivity contribution in [3.63, 3.8) is 0 Å². The molecule has 0 fully saturated rings. The first-order valence-corrected chi connectivity index (χ1v) is 9.03. The second-order valence-electron chi connectivity index (χ2n) is 7.67. The van der Waals surface area contributed by atoms with Crippen molar-refractivity contribution >= 4 is 35.8 Å². The molecule has 26 heavy (non-hydrogen) atoms. The lowest BCUT2D eigenvalue weighted by molar-refractivity contribution is 0.0963. The Kier molecular flexibility index (Phi) is 11.5. The zero-order chi connectivity index (χ0) is 18.9. The van der Waals surface area contributed by atoms with E-state index in [1.807, 2.05) is 24.3 Å². The average molecular weight is 474 g/mol. The molecule has 0 aliphatic rings. The largest absolute Gasteiger partial charge is 0.356 e. The molecule has 1 aromatic carbocycles. The van der Waals surface area contributed by atoms with Gasteiger partial charge in [-0.2, -0.15) is 0 Å². The molecular formula is C20H35IN4O. The number of guanidine groups is 1. The Bertz CT molecular complexity index is 581. The molecule has 3 N–H and O–H groups in total. The highest BCUT2D eigenvalue weighted by atomic mass is 127. The van der Waals surface area contributed by atoms with Gasteiger partial charge in [-0.1, -0.05) is 32.9 Å². The molecule has 1 unspecified atom stereocenters. The summed E-state index contributed by atoms with van der Waals surface area (Å²) in [6.45, 7) is 9.74. The van der Waals surface area contributed by atoms with Crippen molar-refractivity contribution in [3.05, 3.63) is 35.4 Å². The first-order chi connectivity index (χ1) is 11.7. The Morgan fingerprint density at radius 1 is 1.27 bits per heavy atom. The summed E-state index contributed by atoms with van der Waals surface area (Å²) in [4.78, 5) is 16.0. The van der Waals surface area contributed by atoms with Gasteiger partial charge in [-0.25, -0.2) is 0 Å². The second kappa shape index (κ2) is 12.1. The van der Waals surface area contributed by atoms with Gasteiger partial charge in [0.1, 0.15) is 0 Å². The number of hydrogen-bond acceptors (Lipinski definition) is 2. The number of carbonyl (C=O) groups is 1. The molecule has 0 radical (unpaired) electrons. The molecule has 0 spiro atoms. The molecule has 1 atom stereocenters. The van der Waals surface area contributed by atoms with Crippen LogP contribution in [0.1, 0.15) is 56.5 Å². The zero-order valence-corrected chi connectivity index (χ0v) is 19.3. The van der Waals surface area contributed by atoms with Crippen LogP contribution < -0.4 is 16.0 Å². The molecule has 0 aliphatic heterocycles. The van der Waals surface area contributed by atoms with Crippen molar-refractivity contribution in [2.45, 2.75) is 53.0 Å². The maximum atomic E-state index is 11.7. The first kappa shape index (κ1) is 24.7. The minimum Gasteiger partial charge on any atom is -0.356 e. The topological polar surface area (TPSA) is 65.5 Å². The SMILES string of the molecule is CN=C(NCCc1cccc(C(=O)NC)c1)NC(C)CCC(C)(C)C.I. The van der Waals surface area contributed by atoms with Gasteiger partial charge in [-0.05, 0) is 49.3 Å². The smallest absolute Gasteiger partial charge is 0.251 e. The van der Waals surface area contributed by atoms with Gasteiger partial charge >= 0.3 is 0 Å². The van der Waals surface area contributed by atoms with E-state index in [1.165, 1.54) is 6.42 Å². The third kappa shape index (κ3) is 9.99. The van der Waals surface area contributed by atoms with Gasteiger partial charge in [0.2, 0.25) is 0 Å². The van der Waals surface area contributed by atoms with Crippen LogP contribution >= 0.6 is 24.0 Å². The fourth-order valence-electron chi connectivity index (χ4n) is 2.49. The quantitative estimate of drug-likeness (QED) is 0.322. The highest BCUT2D eigenvalue weighted by Gasteiger charge is 2.13. The van der Waals surface area contributed by atoms with Crippen LogP contribution in [0.15, 0.2) is 29.3 Å². The van der Waals surface area contributed by atoms with Gasteiger partial charge in [0.05, 0.1) is 0 Å². The van der Waals surface area contributed by atoms with E-state index >= 15 is 0 Å². The van der Waals surface area contributed by atoms with Gasteiger partial charge in [-0.15, -0.1) is 24.0 Å². The minimum atomic E-state index is -0.0556. The van der Waals surface area contributed by atoms with Crippen molar-refractivity contribution in [2.24, 2.45) is 10.4 Å². The number of nitrogens with one attached hydrogen (secondary N) is 3. The van der Waals surface area contributed by atoms with Crippen LogP contribution in [0.2, 0.25) is 0 Å². The van der Waals surface area contributed by atoms with E-state index in [9.17, 15) is 4.79 Å². The van der Waals surface area contributed by atoms with Crippen LogP contribution in [0.3, 0.4) is 0 Å². The third-order valence-electron chi connectivity index (χ3n) is 4.06. The number of nitrogens with zero attached hydrogens (tertiary/aromatic N) is 1. The summed E-state index contributed by atoms with van der Waals surface area (Å²) in [6.07, 6.45) is 3.12. The van der Waals surface area contributed by atoms with Gasteiger partial charge < -0.3 is 16.0 Å². The summed E-state index contributed by atoms with van der Waals surface area (Å²) in [5, 5.41) is 9.44. The van der Waals surface area contributed by atoms with Crippen LogP contribution in [-0.2, 0) is 6.42 Å². The summed E-state index contributed by atoms with van der Waals surface area (Å²) < 4.78 is 0. The molecule has 0 heterocycles. The van der Waals surface area contributed by atoms with Crippen molar-refractivity contribution in [3.8, 4) is 0 Å². The summed E-state index contributed by atoms with van der Waals surface area (Å²) in [5.74, 6) is 0.767. The van der Waals surface area contributed by atoms with Crippen LogP contribution in [0.4, 0.5) is 0 Å². The fourth-order valence-corrected chi connectivity index (χ4v) is 2.49. The van der Waals surface area contributed by atoms with Crippen molar-refractivity contribution in [1.29, 1.82) is 0 Å². The van der Waals surface area contributed by atoms with Gasteiger partial charge in [0.15, 0.2) is 5.96 Å². The number of aliphatic imine (C=N–C) groups is 1. The van der Waals surface area contributed by atoms with Crippen LogP contribution in [0.5, 0.6) is 0 Å². The van der Waals surface area contributed by atoms with Gasteiger partial charge in [0.25, 0.3) is 5.91 Å². The number of halogens is 1. The Hall–Kier alpha value is -1.31. The highest BCUT2D eigenvalue weighted by molar-refractivity contribution is 14.0. The van der Waals surface area contributed by atoms with E-state index < -0.39 is 0 Å². The fraction of sp³-hybridized carbons (Fsp3) is 0.600. The Labute approximate surface area is 175 Å². The molecule has 148 valence electrons. The van der Waals surface area contributed by atoms with Gasteiger partial charge in [0, 0.05) is 32.2 Å². The maximum absolute atomic E-state index is 11.7. The molecule has 0 saturated heterocycles. The Balaban J connectivity index is 0.00000625. The summed E-state index contributed by atoms with van der Waals surface area (Å²) in [7, 11) is 3.44. The van der Waals surface area contributed by atoms with Crippen molar-refractivity contribution in [1.82, 2.24) is 16.0 Å². The van der Waals surface area contributed by atoms with Crippen LogP contribution in [-0.4, -0.2) is 38.5 Å². The van der Waals surface area contributed by atoms with Crippen molar-refractivity contribution in [2.75, 3.05) is 20.6 Å². The minimum absolute atomic E-state index is 0. The lowest BCUT2D eigenvalue weighted by Crippen LogP contribution is -2.43. The molecule has 6 heteroatoms. The average Bonchev–Trinajstić information content (AvgIpc) is 2.58. The highest BCUT2D eigenvalue weighted by Crippen LogP contribution is 2.21. The molecular weight excluding hydrogens is 439 g/mol. The molecule has 0 aliphatic carbocycles. The number of carbonyl (C=O) groups excluding carboxylic acids is 1. The Morgan fingerprint density at radius 2 is 1.96 bits per heavy atom. The zero-order valence-electron chi connectivity index (χ0n) is 17.0. The standard InChI is InChI=1S/C20H34N4O.HI/c1-15(10-12-20(2,3)4)24-19(22-6)23-13-11-16-8-7-9-17(14-16)18(25)21-5;/h7-9,14-15H,10-13H2,1-6H3,(H,21,25)(H2,22,23,24);1H. The lowest BCUT2D eigenvalue weighted by Gasteiger charge is -2.23. The van der Waals surface area contributed by atoms with E-state index in [0.717, 1.165) is 30.9 Å².